The van der Waals surface area contributed by atoms with Crippen LogP contribution < -0.4 is 4.74 Å². The van der Waals surface area contributed by atoms with Crippen LogP contribution in [0.25, 0.3) is 5.69 Å². The van der Waals surface area contributed by atoms with E-state index in [0.717, 1.165) is 11.4 Å². The first-order valence-electron chi connectivity index (χ1n) is 7.05. The summed E-state index contributed by atoms with van der Waals surface area (Å²) in [5.41, 5.74) is 1.31. The monoisotopic (exact) mass is 288 g/mol. The maximum absolute atomic E-state index is 11.6. The number of aromatic nitrogens is 2. The molecule has 1 heterocycles. The average molecular weight is 288 g/mol. The molecule has 0 saturated carbocycles. The number of carbonyl (C=O) groups is 1. The lowest BCUT2D eigenvalue weighted by Crippen LogP contribution is -2.04. The van der Waals surface area contributed by atoms with E-state index in [1.165, 1.54) is 6.20 Å². The topological polar surface area (TPSA) is 53.3 Å². The summed E-state index contributed by atoms with van der Waals surface area (Å²) in [5, 5.41) is 4.17. The Labute approximate surface area is 124 Å². The Morgan fingerprint density at radius 3 is 2.62 bits per heavy atom. The highest BCUT2D eigenvalue weighted by Crippen LogP contribution is 2.16. The van der Waals surface area contributed by atoms with E-state index in [-0.39, 0.29) is 5.97 Å². The average Bonchev–Trinajstić information content (AvgIpc) is 2.96. The van der Waals surface area contributed by atoms with Gasteiger partial charge in [-0.3, -0.25) is 0 Å². The molecule has 0 aliphatic carbocycles. The number of rotatable bonds is 6. The van der Waals surface area contributed by atoms with Crippen LogP contribution in [0.15, 0.2) is 36.7 Å². The molecule has 1 aromatic heterocycles. The predicted molar refractivity (Wildman–Crippen MR) is 79.9 cm³/mol. The zero-order valence-corrected chi connectivity index (χ0v) is 12.6. The standard InChI is InChI=1S/C16H20N2O3/c1-4-20-16(19)13-9-17-18(10-13)14-5-7-15(8-6-14)21-11-12(2)3/h5-10,12H,4,11H2,1-3H3. The Balaban J connectivity index is 2.06. The maximum Gasteiger partial charge on any atom is 0.341 e. The quantitative estimate of drug-likeness (QED) is 0.766. The molecule has 0 atom stereocenters. The highest BCUT2D eigenvalue weighted by atomic mass is 16.5. The van der Waals surface area contributed by atoms with Gasteiger partial charge in [0.1, 0.15) is 5.75 Å². The molecule has 0 fully saturated rings. The minimum absolute atomic E-state index is 0.353. The molecule has 112 valence electrons. The molecule has 0 aliphatic rings. The zero-order valence-electron chi connectivity index (χ0n) is 12.6. The van der Waals surface area contributed by atoms with Gasteiger partial charge < -0.3 is 9.47 Å². The number of ether oxygens (including phenoxy) is 2. The van der Waals surface area contributed by atoms with Gasteiger partial charge in [0.25, 0.3) is 0 Å². The lowest BCUT2D eigenvalue weighted by molar-refractivity contribution is 0.0526. The molecule has 5 heteroatoms. The fourth-order valence-corrected chi connectivity index (χ4v) is 1.74. The van der Waals surface area contributed by atoms with Crippen molar-refractivity contribution in [3.8, 4) is 11.4 Å². The van der Waals surface area contributed by atoms with Crippen molar-refractivity contribution in [2.24, 2.45) is 5.92 Å². The Hall–Kier alpha value is -2.30. The van der Waals surface area contributed by atoms with Crippen molar-refractivity contribution in [2.45, 2.75) is 20.8 Å². The van der Waals surface area contributed by atoms with E-state index in [0.29, 0.717) is 24.7 Å². The van der Waals surface area contributed by atoms with Crippen molar-refractivity contribution >= 4 is 5.97 Å². The molecule has 1 aromatic carbocycles. The molecule has 2 aromatic rings. The molecule has 0 bridgehead atoms. The Morgan fingerprint density at radius 1 is 1.29 bits per heavy atom. The van der Waals surface area contributed by atoms with E-state index in [2.05, 4.69) is 18.9 Å². The van der Waals surface area contributed by atoms with Gasteiger partial charge in [0, 0.05) is 6.20 Å². The fourth-order valence-electron chi connectivity index (χ4n) is 1.74. The number of hydrogen-bond acceptors (Lipinski definition) is 4. The summed E-state index contributed by atoms with van der Waals surface area (Å²) in [6.45, 7) is 7.03. The molecular weight excluding hydrogens is 268 g/mol. The highest BCUT2D eigenvalue weighted by molar-refractivity contribution is 5.88. The van der Waals surface area contributed by atoms with Gasteiger partial charge in [0.2, 0.25) is 0 Å². The smallest absolute Gasteiger partial charge is 0.341 e. The number of carbonyl (C=O) groups excluding carboxylic acids is 1. The first kappa shape index (κ1) is 15.1. The molecule has 0 N–H and O–H groups in total. The van der Waals surface area contributed by atoms with Crippen molar-refractivity contribution in [3.63, 3.8) is 0 Å². The lowest BCUT2D eigenvalue weighted by Gasteiger charge is -2.09. The number of hydrogen-bond donors (Lipinski definition) is 0. The summed E-state index contributed by atoms with van der Waals surface area (Å²) < 4.78 is 12.2. The Kier molecular flexibility index (Phi) is 4.98. The molecular formula is C16H20N2O3. The number of esters is 1. The molecule has 0 radical (unpaired) electrons. The van der Waals surface area contributed by atoms with Gasteiger partial charge >= 0.3 is 5.97 Å². The first-order chi connectivity index (χ1) is 10.1. The van der Waals surface area contributed by atoms with Crippen LogP contribution in [0.1, 0.15) is 31.1 Å². The van der Waals surface area contributed by atoms with E-state index in [4.69, 9.17) is 9.47 Å². The van der Waals surface area contributed by atoms with E-state index in [1.54, 1.807) is 17.8 Å². The summed E-state index contributed by atoms with van der Waals surface area (Å²) >= 11 is 0. The van der Waals surface area contributed by atoms with Gasteiger partial charge in [0.15, 0.2) is 0 Å². The Morgan fingerprint density at radius 2 is 2.00 bits per heavy atom. The van der Waals surface area contributed by atoms with Crippen LogP contribution in [0.5, 0.6) is 5.75 Å². The first-order valence-corrected chi connectivity index (χ1v) is 7.05. The second kappa shape index (κ2) is 6.92. The van der Waals surface area contributed by atoms with Crippen molar-refractivity contribution in [2.75, 3.05) is 13.2 Å². The molecule has 0 saturated heterocycles. The molecule has 0 aliphatic heterocycles. The van der Waals surface area contributed by atoms with E-state index < -0.39 is 0 Å². The van der Waals surface area contributed by atoms with Crippen LogP contribution in [0.2, 0.25) is 0 Å². The van der Waals surface area contributed by atoms with Crippen LogP contribution in [0.4, 0.5) is 0 Å². The fraction of sp³-hybridized carbons (Fsp3) is 0.375. The van der Waals surface area contributed by atoms with Crippen molar-refractivity contribution in [1.29, 1.82) is 0 Å². The molecule has 5 nitrogen and oxygen atoms in total. The third kappa shape index (κ3) is 4.08. The van der Waals surface area contributed by atoms with Crippen LogP contribution in [-0.2, 0) is 4.74 Å². The van der Waals surface area contributed by atoms with Gasteiger partial charge in [-0.15, -0.1) is 0 Å². The van der Waals surface area contributed by atoms with Crippen molar-refractivity contribution < 1.29 is 14.3 Å². The van der Waals surface area contributed by atoms with E-state index >= 15 is 0 Å². The van der Waals surface area contributed by atoms with Crippen LogP contribution in [0.3, 0.4) is 0 Å². The van der Waals surface area contributed by atoms with Crippen LogP contribution in [0, 0.1) is 5.92 Å². The van der Waals surface area contributed by atoms with Crippen molar-refractivity contribution in [3.05, 3.63) is 42.2 Å². The number of benzene rings is 1. The van der Waals surface area contributed by atoms with Crippen LogP contribution >= 0.6 is 0 Å². The Bertz CT molecular complexity index is 588. The normalized spacial score (nSPS) is 10.7. The van der Waals surface area contributed by atoms with Crippen LogP contribution in [-0.4, -0.2) is 29.0 Å². The van der Waals surface area contributed by atoms with Crippen molar-refractivity contribution in [1.82, 2.24) is 9.78 Å². The molecule has 0 amide bonds. The van der Waals surface area contributed by atoms with E-state index in [9.17, 15) is 4.79 Å². The summed E-state index contributed by atoms with van der Waals surface area (Å²) in [5.74, 6) is 0.953. The predicted octanol–water partition coefficient (Wildman–Crippen LogP) is 3.08. The van der Waals surface area contributed by atoms with Gasteiger partial charge in [-0.05, 0) is 37.1 Å². The van der Waals surface area contributed by atoms with Gasteiger partial charge in [-0.25, -0.2) is 9.48 Å². The van der Waals surface area contributed by atoms with Gasteiger partial charge in [-0.1, -0.05) is 13.8 Å². The SMILES string of the molecule is CCOC(=O)c1cnn(-c2ccc(OCC(C)C)cc2)c1. The second-order valence-electron chi connectivity index (χ2n) is 5.09. The summed E-state index contributed by atoms with van der Waals surface area (Å²) in [6, 6.07) is 7.59. The molecule has 21 heavy (non-hydrogen) atoms. The van der Waals surface area contributed by atoms with Gasteiger partial charge in [0.05, 0.1) is 30.7 Å². The maximum atomic E-state index is 11.6. The summed E-state index contributed by atoms with van der Waals surface area (Å²) in [7, 11) is 0. The molecule has 2 rings (SSSR count). The molecule has 0 spiro atoms. The summed E-state index contributed by atoms with van der Waals surface area (Å²) in [6.07, 6.45) is 3.16. The lowest BCUT2D eigenvalue weighted by atomic mass is 10.2. The molecule has 0 unspecified atom stereocenters. The summed E-state index contributed by atoms with van der Waals surface area (Å²) in [4.78, 5) is 11.6. The third-order valence-corrected chi connectivity index (χ3v) is 2.78. The highest BCUT2D eigenvalue weighted by Gasteiger charge is 2.10. The minimum atomic E-state index is -0.361. The number of nitrogens with zero attached hydrogens (tertiary/aromatic N) is 2. The zero-order chi connectivity index (χ0) is 15.2. The third-order valence-electron chi connectivity index (χ3n) is 2.78. The largest absolute Gasteiger partial charge is 0.493 e. The van der Waals surface area contributed by atoms with E-state index in [1.807, 2.05) is 24.3 Å². The second-order valence-corrected chi connectivity index (χ2v) is 5.09. The minimum Gasteiger partial charge on any atom is -0.493 e. The van der Waals surface area contributed by atoms with Gasteiger partial charge in [-0.2, -0.15) is 5.10 Å².